The molecule has 2 rings (SSSR count). The van der Waals surface area contributed by atoms with Gasteiger partial charge in [0, 0.05) is 24.9 Å². The predicted octanol–water partition coefficient (Wildman–Crippen LogP) is 2.82. The number of benzene rings is 2. The van der Waals surface area contributed by atoms with Crippen LogP contribution in [0.5, 0.6) is 0 Å². The number of hydrogen-bond donors (Lipinski definition) is 3. The molecule has 7 nitrogen and oxygen atoms in total. The Labute approximate surface area is 158 Å². The number of rotatable bonds is 7. The Hall–Kier alpha value is -3.37. The van der Waals surface area contributed by atoms with E-state index >= 15 is 0 Å². The average molecular weight is 366 g/mol. The molecule has 1 unspecified atom stereocenters. The predicted molar refractivity (Wildman–Crippen MR) is 102 cm³/mol. The topological polar surface area (TPSA) is 103 Å². The third-order valence-corrected chi connectivity index (χ3v) is 3.86. The third-order valence-electron chi connectivity index (χ3n) is 3.86. The molecule has 0 fully saturated rings. The minimum atomic E-state index is -0.385. The number of anilines is 1. The van der Waals surface area contributed by atoms with Crippen LogP contribution in [0.15, 0.2) is 48.5 Å². The quantitative estimate of drug-likeness (QED) is 0.656. The molecule has 2 aromatic carbocycles. The number of nitrogens with zero attached hydrogens (tertiary/aromatic N) is 1. The van der Waals surface area contributed by atoms with Gasteiger partial charge in [-0.2, -0.15) is 5.26 Å². The van der Waals surface area contributed by atoms with Crippen molar-refractivity contribution in [1.82, 2.24) is 10.6 Å². The maximum Gasteiger partial charge on any atom is 0.319 e. The first-order valence-corrected chi connectivity index (χ1v) is 8.48. The molecule has 3 amide bonds. The van der Waals surface area contributed by atoms with Crippen LogP contribution >= 0.6 is 0 Å². The third kappa shape index (κ3) is 6.13. The van der Waals surface area contributed by atoms with Crippen molar-refractivity contribution < 1.29 is 14.3 Å². The largest absolute Gasteiger partial charge is 0.383 e. The highest BCUT2D eigenvalue weighted by Crippen LogP contribution is 2.14. The summed E-state index contributed by atoms with van der Waals surface area (Å²) in [6.07, 6.45) is 0. The highest BCUT2D eigenvalue weighted by Gasteiger charge is 2.11. The zero-order chi connectivity index (χ0) is 19.6. The fourth-order valence-electron chi connectivity index (χ4n) is 2.40. The highest BCUT2D eigenvalue weighted by atomic mass is 16.5. The van der Waals surface area contributed by atoms with Crippen LogP contribution in [0.4, 0.5) is 10.5 Å². The highest BCUT2D eigenvalue weighted by molar-refractivity contribution is 5.96. The zero-order valence-corrected chi connectivity index (χ0v) is 15.3. The molecule has 2 aromatic rings. The fraction of sp³-hybridized carbons (Fsp3) is 0.250. The van der Waals surface area contributed by atoms with Crippen molar-refractivity contribution in [2.24, 2.45) is 0 Å². The van der Waals surface area contributed by atoms with Gasteiger partial charge in [-0.15, -0.1) is 0 Å². The van der Waals surface area contributed by atoms with Crippen LogP contribution in [0.3, 0.4) is 0 Å². The van der Waals surface area contributed by atoms with Gasteiger partial charge >= 0.3 is 6.03 Å². The van der Waals surface area contributed by atoms with Gasteiger partial charge in [0.05, 0.1) is 24.3 Å². The molecule has 0 radical (unpaired) electrons. The van der Waals surface area contributed by atoms with Gasteiger partial charge in [0.25, 0.3) is 5.91 Å². The molecule has 0 saturated heterocycles. The summed E-state index contributed by atoms with van der Waals surface area (Å²) in [6.45, 7) is 2.69. The van der Waals surface area contributed by atoms with E-state index in [-0.39, 0.29) is 18.0 Å². The van der Waals surface area contributed by atoms with E-state index in [1.54, 1.807) is 55.6 Å². The molecule has 0 aliphatic carbocycles. The van der Waals surface area contributed by atoms with Gasteiger partial charge in [-0.25, -0.2) is 4.79 Å². The van der Waals surface area contributed by atoms with Crippen molar-refractivity contribution in [3.05, 3.63) is 65.2 Å². The van der Waals surface area contributed by atoms with Gasteiger partial charge in [0.15, 0.2) is 0 Å². The van der Waals surface area contributed by atoms with Crippen LogP contribution in [0, 0.1) is 11.3 Å². The Morgan fingerprint density at radius 2 is 1.93 bits per heavy atom. The van der Waals surface area contributed by atoms with Gasteiger partial charge in [0.1, 0.15) is 0 Å². The van der Waals surface area contributed by atoms with E-state index in [2.05, 4.69) is 22.0 Å². The SMILES string of the molecule is COCCNC(=O)c1cccc(NC(=O)NC(C)c2ccc(C#N)cc2)c1. The number of ether oxygens (including phenoxy) is 1. The van der Waals surface area contributed by atoms with Crippen LogP contribution in [-0.4, -0.2) is 32.2 Å². The van der Waals surface area contributed by atoms with Crippen molar-refractivity contribution in [1.29, 1.82) is 5.26 Å². The summed E-state index contributed by atoms with van der Waals surface area (Å²) < 4.78 is 4.89. The standard InChI is InChI=1S/C20H22N4O3/c1-14(16-8-6-15(13-21)7-9-16)23-20(26)24-18-5-3-4-17(12-18)19(25)22-10-11-27-2/h3-9,12,14H,10-11H2,1-2H3,(H,22,25)(H2,23,24,26). The summed E-state index contributed by atoms with van der Waals surface area (Å²) in [6, 6.07) is 15.1. The van der Waals surface area contributed by atoms with E-state index in [0.29, 0.717) is 30.0 Å². The first kappa shape index (κ1) is 19.9. The van der Waals surface area contributed by atoms with E-state index in [1.807, 2.05) is 6.92 Å². The molecule has 0 heterocycles. The summed E-state index contributed by atoms with van der Waals surface area (Å²) in [4.78, 5) is 24.3. The first-order valence-electron chi connectivity index (χ1n) is 8.48. The summed E-state index contributed by atoms with van der Waals surface area (Å²) in [5, 5.41) is 17.1. The molecule has 0 aliphatic heterocycles. The number of amides is 3. The number of nitrogens with one attached hydrogen (secondary N) is 3. The Bertz CT molecular complexity index is 828. The molecular formula is C20H22N4O3. The van der Waals surface area contributed by atoms with Crippen molar-refractivity contribution in [2.45, 2.75) is 13.0 Å². The summed E-state index contributed by atoms with van der Waals surface area (Å²) in [5.74, 6) is -0.234. The van der Waals surface area contributed by atoms with Gasteiger partial charge < -0.3 is 20.7 Å². The minimum Gasteiger partial charge on any atom is -0.383 e. The molecule has 3 N–H and O–H groups in total. The van der Waals surface area contributed by atoms with Crippen LogP contribution in [0.2, 0.25) is 0 Å². The van der Waals surface area contributed by atoms with Crippen molar-refractivity contribution in [3.63, 3.8) is 0 Å². The molecule has 140 valence electrons. The Morgan fingerprint density at radius 3 is 2.59 bits per heavy atom. The van der Waals surface area contributed by atoms with Crippen molar-refractivity contribution in [2.75, 3.05) is 25.6 Å². The fourth-order valence-corrected chi connectivity index (χ4v) is 2.40. The van der Waals surface area contributed by atoms with Crippen molar-refractivity contribution in [3.8, 4) is 6.07 Å². The zero-order valence-electron chi connectivity index (χ0n) is 15.3. The van der Waals surface area contributed by atoms with Gasteiger partial charge in [-0.1, -0.05) is 18.2 Å². The van der Waals surface area contributed by atoms with E-state index < -0.39 is 0 Å². The van der Waals surface area contributed by atoms with Gasteiger partial charge in [0.2, 0.25) is 0 Å². The van der Waals surface area contributed by atoms with Crippen LogP contribution in [0.1, 0.15) is 34.5 Å². The van der Waals surface area contributed by atoms with E-state index in [4.69, 9.17) is 10.00 Å². The molecule has 7 heteroatoms. The lowest BCUT2D eigenvalue weighted by atomic mass is 10.1. The second kappa shape index (κ2) is 9.94. The number of hydrogen-bond acceptors (Lipinski definition) is 4. The molecule has 0 spiro atoms. The number of methoxy groups -OCH3 is 1. The molecule has 0 aliphatic rings. The monoisotopic (exact) mass is 366 g/mol. The number of carbonyl (C=O) groups is 2. The van der Waals surface area contributed by atoms with Crippen LogP contribution in [0.25, 0.3) is 0 Å². The van der Waals surface area contributed by atoms with Crippen LogP contribution < -0.4 is 16.0 Å². The maximum atomic E-state index is 12.2. The Morgan fingerprint density at radius 1 is 1.19 bits per heavy atom. The maximum absolute atomic E-state index is 12.2. The smallest absolute Gasteiger partial charge is 0.319 e. The van der Waals surface area contributed by atoms with Crippen molar-refractivity contribution >= 4 is 17.6 Å². The van der Waals surface area contributed by atoms with E-state index in [1.165, 1.54) is 0 Å². The Balaban J connectivity index is 1.93. The van der Waals surface area contributed by atoms with Gasteiger partial charge in [-0.05, 0) is 42.8 Å². The lowest BCUT2D eigenvalue weighted by Crippen LogP contribution is -2.31. The minimum absolute atomic E-state index is 0.234. The molecule has 0 bridgehead atoms. The summed E-state index contributed by atoms with van der Waals surface area (Å²) in [5.41, 5.74) is 2.41. The summed E-state index contributed by atoms with van der Waals surface area (Å²) >= 11 is 0. The summed E-state index contributed by atoms with van der Waals surface area (Å²) in [7, 11) is 1.56. The lowest BCUT2D eigenvalue weighted by molar-refractivity contribution is 0.0937. The lowest BCUT2D eigenvalue weighted by Gasteiger charge is -2.15. The number of carbonyl (C=O) groups excluding carboxylic acids is 2. The van der Waals surface area contributed by atoms with E-state index in [9.17, 15) is 9.59 Å². The second-order valence-corrected chi connectivity index (χ2v) is 5.88. The molecular weight excluding hydrogens is 344 g/mol. The molecule has 0 aromatic heterocycles. The normalized spacial score (nSPS) is 11.1. The second-order valence-electron chi connectivity index (χ2n) is 5.88. The van der Waals surface area contributed by atoms with Crippen LogP contribution in [-0.2, 0) is 4.74 Å². The van der Waals surface area contributed by atoms with E-state index in [0.717, 1.165) is 5.56 Å². The van der Waals surface area contributed by atoms with Gasteiger partial charge in [-0.3, -0.25) is 4.79 Å². The molecule has 0 saturated carbocycles. The number of urea groups is 1. The average Bonchev–Trinajstić information content (AvgIpc) is 2.68. The first-order chi connectivity index (χ1) is 13.0. The molecule has 1 atom stereocenters. The molecule has 27 heavy (non-hydrogen) atoms. The Kier molecular flexibility index (Phi) is 7.35. The number of nitriles is 1.